The van der Waals surface area contributed by atoms with E-state index in [1.807, 2.05) is 13.0 Å². The van der Waals surface area contributed by atoms with Crippen molar-refractivity contribution >= 4 is 68.0 Å². The number of rotatable bonds is 15. The van der Waals surface area contributed by atoms with Gasteiger partial charge in [0, 0.05) is 17.4 Å². The largest absolute Gasteiger partial charge is 0.490 e. The zero-order valence-electron chi connectivity index (χ0n) is 24.5. The van der Waals surface area contributed by atoms with Gasteiger partial charge in [0.25, 0.3) is 0 Å². The number of phosphoric ester groups is 1. The van der Waals surface area contributed by atoms with Gasteiger partial charge in [-0.15, -0.1) is 0 Å². The summed E-state index contributed by atoms with van der Waals surface area (Å²) in [6, 6.07) is 6.90. The minimum absolute atomic E-state index is 0.0256. The van der Waals surface area contributed by atoms with Gasteiger partial charge in [-0.2, -0.15) is 8.62 Å². The summed E-state index contributed by atoms with van der Waals surface area (Å²) < 4.78 is 60.8. The van der Waals surface area contributed by atoms with Crippen LogP contribution in [0.5, 0.6) is 0 Å². The van der Waals surface area contributed by atoms with Crippen LogP contribution in [0.15, 0.2) is 36.9 Å². The van der Waals surface area contributed by atoms with E-state index in [-0.39, 0.29) is 34.2 Å². The van der Waals surface area contributed by atoms with Crippen molar-refractivity contribution in [2.24, 2.45) is 5.92 Å². The number of imidazole rings is 1. The van der Waals surface area contributed by atoms with Gasteiger partial charge in [0.2, 0.25) is 0 Å². The van der Waals surface area contributed by atoms with E-state index in [2.05, 4.69) is 37.4 Å². The molecule has 1 aromatic carbocycles. The third-order valence-electron chi connectivity index (χ3n) is 6.19. The molecule has 4 rings (SSSR count). The second-order valence-electron chi connectivity index (χ2n) is 10.3. The van der Waals surface area contributed by atoms with Crippen LogP contribution in [-0.4, -0.2) is 69.6 Å². The maximum atomic E-state index is 13.5. The van der Waals surface area contributed by atoms with E-state index < -0.39 is 54.5 Å². The molecule has 1 aliphatic rings. The summed E-state index contributed by atoms with van der Waals surface area (Å²) in [5, 5.41) is -0.0800. The molecule has 0 bridgehead atoms. The first kappa shape index (κ1) is 36.9. The van der Waals surface area contributed by atoms with Crippen LogP contribution in [0.1, 0.15) is 54.6 Å². The maximum Gasteiger partial charge on any atom is 0.490 e. The average molecular weight is 744 g/mol. The lowest BCUT2D eigenvalue weighted by molar-refractivity contribution is -0.0490. The Morgan fingerprint density at radius 1 is 1.09 bits per heavy atom. The quantitative estimate of drug-likeness (QED) is 0.0822. The molecule has 0 aliphatic carbocycles. The number of hydrogen-bond donors (Lipinski definition) is 5. The number of nitrogen functional groups attached to an aromatic ring is 1. The third-order valence-corrected chi connectivity index (χ3v) is 13.2. The number of hydrogen-bond acceptors (Lipinski definition) is 15. The molecule has 2 aromatic heterocycles. The molecule has 6 N–H and O–H groups in total. The summed E-state index contributed by atoms with van der Waals surface area (Å²) in [7, 11) is -13.6. The van der Waals surface area contributed by atoms with E-state index in [1.165, 1.54) is 17.2 Å². The molecule has 1 saturated heterocycles. The number of carbonyl (C=O) groups is 1. The fourth-order valence-electron chi connectivity index (χ4n) is 4.26. The zero-order chi connectivity index (χ0) is 33.9. The van der Waals surface area contributed by atoms with Crippen molar-refractivity contribution in [2.45, 2.75) is 50.9 Å². The molecule has 254 valence electrons. The molecule has 0 radical (unpaired) electrons. The molecule has 46 heavy (non-hydrogen) atoms. The summed E-state index contributed by atoms with van der Waals surface area (Å²) >= 11 is 0. The van der Waals surface area contributed by atoms with Crippen molar-refractivity contribution < 1.29 is 60.7 Å². The highest BCUT2D eigenvalue weighted by Gasteiger charge is 2.44. The van der Waals surface area contributed by atoms with Crippen molar-refractivity contribution in [2.75, 3.05) is 18.1 Å². The molecule has 0 amide bonds. The second-order valence-corrected chi connectivity index (χ2v) is 17.5. The molecule has 0 spiro atoms. The molecule has 1 fully saturated rings. The van der Waals surface area contributed by atoms with Gasteiger partial charge in [-0.25, -0.2) is 33.4 Å². The molecular weight excluding hydrogens is 711 g/mol. The number of phosphoric acid groups is 3. The number of fused-ring (bicyclic) bond motifs is 1. The fourth-order valence-corrected chi connectivity index (χ4v) is 10.1. The Balaban J connectivity index is 1.55. The van der Waals surface area contributed by atoms with Gasteiger partial charge in [-0.3, -0.25) is 9.09 Å². The van der Waals surface area contributed by atoms with E-state index in [0.717, 1.165) is 11.3 Å². The smallest absolute Gasteiger partial charge is 0.456 e. The Hall–Kier alpha value is -1.89. The van der Waals surface area contributed by atoms with Crippen molar-refractivity contribution in [3.8, 4) is 0 Å². The normalized spacial score (nSPS) is 22.0. The first-order chi connectivity index (χ1) is 21.4. The van der Waals surface area contributed by atoms with Gasteiger partial charge < -0.3 is 34.8 Å². The maximum absolute atomic E-state index is 13.5. The Kier molecular flexibility index (Phi) is 12.1. The molecule has 3 aromatic rings. The summed E-state index contributed by atoms with van der Waals surface area (Å²) in [6.45, 7) is 5.33. The Labute approximate surface area is 270 Å². The van der Waals surface area contributed by atoms with Gasteiger partial charge in [0.15, 0.2) is 11.5 Å². The lowest BCUT2D eigenvalue weighted by Crippen LogP contribution is -2.31. The number of nitrogens with two attached hydrogens (primary N) is 1. The van der Waals surface area contributed by atoms with Crippen LogP contribution in [0.3, 0.4) is 0 Å². The van der Waals surface area contributed by atoms with Gasteiger partial charge in [0.1, 0.15) is 30.3 Å². The molecule has 0 saturated carbocycles. The number of ether oxygens (including phenoxy) is 2. The van der Waals surface area contributed by atoms with E-state index in [9.17, 15) is 28.3 Å². The van der Waals surface area contributed by atoms with Crippen molar-refractivity contribution in [1.29, 1.82) is 0 Å². The van der Waals surface area contributed by atoms with E-state index >= 15 is 0 Å². The third kappa shape index (κ3) is 10.1. The molecule has 6 atom stereocenters. The molecule has 4 unspecified atom stereocenters. The fraction of sp³-hybridized carbons (Fsp3) is 0.478. The minimum Gasteiger partial charge on any atom is -0.456 e. The Morgan fingerprint density at radius 2 is 1.80 bits per heavy atom. The van der Waals surface area contributed by atoms with Gasteiger partial charge in [-0.1, -0.05) is 53.6 Å². The van der Waals surface area contributed by atoms with Gasteiger partial charge in [-0.05, 0) is 24.5 Å². The highest BCUT2D eigenvalue weighted by Crippen LogP contribution is 2.66. The summed E-state index contributed by atoms with van der Waals surface area (Å²) in [5.74, 6) is 0.789. The Morgan fingerprint density at radius 3 is 2.50 bits per heavy atom. The summed E-state index contributed by atoms with van der Waals surface area (Å²) in [5.41, 5.74) is 7.45. The molecule has 3 heterocycles. The number of esters is 1. The Bertz CT molecular complexity index is 1690. The van der Waals surface area contributed by atoms with Crippen molar-refractivity contribution in [1.82, 2.24) is 19.5 Å². The van der Waals surface area contributed by atoms with Gasteiger partial charge >= 0.3 is 29.4 Å². The second kappa shape index (κ2) is 15.1. The number of anilines is 1. The van der Waals surface area contributed by atoms with E-state index in [4.69, 9.17) is 29.5 Å². The molecule has 18 nitrogen and oxygen atoms in total. The summed E-state index contributed by atoms with van der Waals surface area (Å²) in [6.07, 6.45) is -0.743. The predicted molar refractivity (Wildman–Crippen MR) is 167 cm³/mol. The van der Waals surface area contributed by atoms with E-state index in [0.29, 0.717) is 5.92 Å². The first-order valence-electron chi connectivity index (χ1n) is 13.4. The summed E-state index contributed by atoms with van der Waals surface area (Å²) in [4.78, 5) is 62.8. The first-order valence-corrected chi connectivity index (χ1v) is 20.3. The number of benzene rings is 1. The van der Waals surface area contributed by atoms with Crippen molar-refractivity contribution in [3.05, 3.63) is 48.0 Å². The molecule has 23 heteroatoms. The topological polar surface area (TPSA) is 265 Å². The SMILES string of the molecule is CC(C)CSSC(C)c1ccccc1C(=O)OC1C[C@H](n2cnc3c(N)ncnc32)O[C@@H]1COP(=O)(O)OP(=O)(O)OP(=O)(O)O. The highest BCUT2D eigenvalue weighted by molar-refractivity contribution is 8.76. The van der Waals surface area contributed by atoms with Gasteiger partial charge in [0.05, 0.1) is 18.5 Å². The average Bonchev–Trinajstić information content (AvgIpc) is 3.54. The lowest BCUT2D eigenvalue weighted by Gasteiger charge is -2.22. The predicted octanol–water partition coefficient (Wildman–Crippen LogP) is 4.36. The minimum atomic E-state index is -5.76. The molecule has 1 aliphatic heterocycles. The van der Waals surface area contributed by atoms with Crippen LogP contribution in [0.25, 0.3) is 11.2 Å². The monoisotopic (exact) mass is 743 g/mol. The lowest BCUT2D eigenvalue weighted by atomic mass is 10.0. The van der Waals surface area contributed by atoms with Crippen LogP contribution in [0, 0.1) is 5.92 Å². The standard InChI is InChI=1S/C23H32N5O13P3S2/c1-13(2)10-45-46-14(3)15-6-4-5-7-16(15)23(29)39-17-8-19(28-12-27-20-21(24)25-11-26-22(20)28)38-18(17)9-37-43(33,34)41-44(35,36)40-42(30,31)32/h4-7,11-14,17-19H,8-10H2,1-3H3,(H,33,34)(H,35,36)(H2,24,25,26)(H2,30,31,32)/t14?,17?,18-,19-/m1/s1. The number of carbonyl (C=O) groups excluding carboxylic acids is 1. The number of nitrogens with zero attached hydrogens (tertiary/aromatic N) is 4. The zero-order valence-corrected chi connectivity index (χ0v) is 28.8. The van der Waals surface area contributed by atoms with Crippen molar-refractivity contribution in [3.63, 3.8) is 0 Å². The van der Waals surface area contributed by atoms with Crippen LogP contribution < -0.4 is 5.73 Å². The van der Waals surface area contributed by atoms with E-state index in [1.54, 1.807) is 39.8 Å². The molecular formula is C23H32N5O13P3S2. The van der Waals surface area contributed by atoms with Crippen LogP contribution in [0.2, 0.25) is 0 Å². The van der Waals surface area contributed by atoms with Crippen LogP contribution in [0.4, 0.5) is 5.82 Å². The highest BCUT2D eigenvalue weighted by atomic mass is 33.1. The number of aromatic nitrogens is 4. The van der Waals surface area contributed by atoms with Crippen LogP contribution in [-0.2, 0) is 36.3 Å². The van der Waals surface area contributed by atoms with Crippen LogP contribution >= 0.6 is 45.1 Å².